The number of anilines is 1. The first-order valence-electron chi connectivity index (χ1n) is 9.39. The Hall–Kier alpha value is -3.20. The molecule has 1 amide bonds. The van der Waals surface area contributed by atoms with E-state index in [2.05, 4.69) is 20.6 Å². The Labute approximate surface area is 174 Å². The molecule has 1 saturated carbocycles. The van der Waals surface area contributed by atoms with Crippen LogP contribution in [0, 0.1) is 11.7 Å². The van der Waals surface area contributed by atoms with Gasteiger partial charge in [0.25, 0.3) is 0 Å². The van der Waals surface area contributed by atoms with Gasteiger partial charge in [-0.2, -0.15) is 10.2 Å². The number of pyridine rings is 1. The summed E-state index contributed by atoms with van der Waals surface area (Å²) in [5.74, 6) is -1.32. The van der Waals surface area contributed by atoms with Crippen LogP contribution in [-0.2, 0) is 4.79 Å². The monoisotopic (exact) mass is 431 g/mol. The van der Waals surface area contributed by atoms with Gasteiger partial charge in [0, 0.05) is 23.2 Å². The molecule has 1 aliphatic rings. The van der Waals surface area contributed by atoms with Gasteiger partial charge in [0.2, 0.25) is 5.91 Å². The number of nitrogens with one attached hydrogen (secondary N) is 2. The molecule has 0 radical (unpaired) electrons. The van der Waals surface area contributed by atoms with Crippen molar-refractivity contribution < 1.29 is 18.3 Å². The number of alkyl halides is 1. The second-order valence-corrected chi connectivity index (χ2v) is 7.46. The second-order valence-electron chi connectivity index (χ2n) is 7.09. The number of aromatic nitrogens is 4. The number of hydrogen-bond donors (Lipinski definition) is 2. The summed E-state index contributed by atoms with van der Waals surface area (Å²) in [7, 11) is 0. The van der Waals surface area contributed by atoms with Crippen molar-refractivity contribution in [2.24, 2.45) is 5.92 Å². The molecule has 4 aromatic rings. The van der Waals surface area contributed by atoms with Gasteiger partial charge in [-0.25, -0.2) is 13.3 Å². The summed E-state index contributed by atoms with van der Waals surface area (Å²) >= 11 is 6.37. The number of hydrogen-bond acceptors (Lipinski definition) is 4. The lowest BCUT2D eigenvalue weighted by Crippen LogP contribution is -2.15. The summed E-state index contributed by atoms with van der Waals surface area (Å²) in [5.41, 5.74) is 2.18. The largest absolute Gasteiger partial charge is 0.489 e. The van der Waals surface area contributed by atoms with E-state index < -0.39 is 17.9 Å². The van der Waals surface area contributed by atoms with Gasteiger partial charge >= 0.3 is 0 Å². The number of carbonyl (C=O) groups is 1. The van der Waals surface area contributed by atoms with Crippen LogP contribution >= 0.6 is 11.6 Å². The minimum absolute atomic E-state index is 0.0282. The average Bonchev–Trinajstić information content (AvgIpc) is 3.11. The number of rotatable bonds is 5. The third-order valence-corrected chi connectivity index (χ3v) is 5.44. The van der Waals surface area contributed by atoms with E-state index in [1.165, 1.54) is 0 Å². The van der Waals surface area contributed by atoms with Gasteiger partial charge in [0.1, 0.15) is 11.7 Å². The quantitative estimate of drug-likeness (QED) is 0.491. The molecule has 0 bridgehead atoms. The Bertz CT molecular complexity index is 1300. The molecule has 30 heavy (non-hydrogen) atoms. The summed E-state index contributed by atoms with van der Waals surface area (Å²) in [6.45, 7) is 2.03. The summed E-state index contributed by atoms with van der Waals surface area (Å²) in [5, 5.41) is 14.2. The molecule has 5 rings (SSSR count). The number of ether oxygens (including phenoxy) is 1. The average molecular weight is 432 g/mol. The molecule has 1 aromatic carbocycles. The molecule has 7 nitrogen and oxygen atoms in total. The van der Waals surface area contributed by atoms with Crippen LogP contribution in [-0.4, -0.2) is 38.5 Å². The molecule has 2 atom stereocenters. The van der Waals surface area contributed by atoms with Crippen LogP contribution in [0.2, 0.25) is 5.02 Å². The van der Waals surface area contributed by atoms with E-state index in [0.29, 0.717) is 33.4 Å². The van der Waals surface area contributed by atoms with E-state index in [0.717, 1.165) is 0 Å². The zero-order chi connectivity index (χ0) is 21.0. The fraction of sp³-hybridized carbons (Fsp3) is 0.250. The maximum absolute atomic E-state index is 14.9. The van der Waals surface area contributed by atoms with Crippen LogP contribution in [0.4, 0.5) is 14.6 Å². The molecule has 3 heterocycles. The van der Waals surface area contributed by atoms with Crippen LogP contribution < -0.4 is 10.1 Å². The topological polar surface area (TPSA) is 84.3 Å². The highest BCUT2D eigenvalue weighted by Gasteiger charge is 2.43. The van der Waals surface area contributed by atoms with E-state index >= 15 is 0 Å². The van der Waals surface area contributed by atoms with Gasteiger partial charge in [0.05, 0.1) is 29.3 Å². The van der Waals surface area contributed by atoms with Crippen LogP contribution in [0.3, 0.4) is 0 Å². The number of halogens is 3. The number of benzene rings is 1. The molecular weight excluding hydrogens is 416 g/mol. The standard InChI is InChI=1S/C20H16ClF2N5O2/c1-2-30-19-17(23)16(21)15(12-8-24-26-18(12)19)9-3-4-28-10(5-9)6-14(27-28)25-20(29)11-7-13(11)22/h3-6,8,11,13H,2,7H2,1H3,(H,24,26)(H,25,27,29)/t11-,13+/m1/s1. The molecule has 0 unspecified atom stereocenters. The first-order chi connectivity index (χ1) is 14.5. The van der Waals surface area contributed by atoms with Crippen LogP contribution in [0.5, 0.6) is 5.75 Å². The summed E-state index contributed by atoms with van der Waals surface area (Å²) < 4.78 is 35.0. The summed E-state index contributed by atoms with van der Waals surface area (Å²) in [6, 6.07) is 5.16. The normalized spacial score (nSPS) is 18.1. The molecule has 154 valence electrons. The van der Waals surface area contributed by atoms with Crippen molar-refractivity contribution in [2.75, 3.05) is 11.9 Å². The Morgan fingerprint density at radius 1 is 1.47 bits per heavy atom. The van der Waals surface area contributed by atoms with Gasteiger partial charge in [-0.15, -0.1) is 0 Å². The number of carbonyl (C=O) groups excluding carboxylic acids is 1. The van der Waals surface area contributed by atoms with Gasteiger partial charge in [-0.05, 0) is 31.0 Å². The maximum atomic E-state index is 14.9. The molecule has 0 spiro atoms. The Morgan fingerprint density at radius 3 is 3.00 bits per heavy atom. The highest BCUT2D eigenvalue weighted by Crippen LogP contribution is 2.42. The molecule has 0 saturated heterocycles. The van der Waals surface area contributed by atoms with Crippen molar-refractivity contribution in [3.05, 3.63) is 41.4 Å². The summed E-state index contributed by atoms with van der Waals surface area (Å²) in [6.07, 6.45) is 2.40. The van der Waals surface area contributed by atoms with E-state index in [4.69, 9.17) is 16.3 Å². The van der Waals surface area contributed by atoms with E-state index in [-0.39, 0.29) is 29.7 Å². The third kappa shape index (κ3) is 2.97. The lowest BCUT2D eigenvalue weighted by atomic mass is 10.0. The maximum Gasteiger partial charge on any atom is 0.231 e. The molecule has 2 N–H and O–H groups in total. The highest BCUT2D eigenvalue weighted by molar-refractivity contribution is 6.35. The summed E-state index contributed by atoms with van der Waals surface area (Å²) in [4.78, 5) is 12.0. The minimum Gasteiger partial charge on any atom is -0.489 e. The molecule has 1 aliphatic carbocycles. The van der Waals surface area contributed by atoms with Crippen molar-refractivity contribution in [1.29, 1.82) is 0 Å². The van der Waals surface area contributed by atoms with Crippen molar-refractivity contribution in [3.63, 3.8) is 0 Å². The fourth-order valence-corrected chi connectivity index (χ4v) is 3.81. The first-order valence-corrected chi connectivity index (χ1v) is 9.77. The third-order valence-electron chi connectivity index (χ3n) is 5.09. The second kappa shape index (κ2) is 6.94. The molecule has 0 aliphatic heterocycles. The Morgan fingerprint density at radius 2 is 2.27 bits per heavy atom. The lowest BCUT2D eigenvalue weighted by molar-refractivity contribution is -0.117. The molecule has 1 fully saturated rings. The Balaban J connectivity index is 1.57. The van der Waals surface area contributed by atoms with Crippen LogP contribution in [0.1, 0.15) is 13.3 Å². The smallest absolute Gasteiger partial charge is 0.231 e. The molecule has 10 heteroatoms. The van der Waals surface area contributed by atoms with E-state index in [1.807, 2.05) is 0 Å². The fourth-order valence-electron chi connectivity index (χ4n) is 3.51. The van der Waals surface area contributed by atoms with Crippen molar-refractivity contribution in [1.82, 2.24) is 19.8 Å². The predicted octanol–water partition coefficient (Wildman–Crippen LogP) is 4.37. The van der Waals surface area contributed by atoms with Crippen molar-refractivity contribution in [3.8, 4) is 16.9 Å². The van der Waals surface area contributed by atoms with Crippen molar-refractivity contribution >= 4 is 39.7 Å². The van der Waals surface area contributed by atoms with E-state index in [9.17, 15) is 13.6 Å². The first kappa shape index (κ1) is 18.8. The van der Waals surface area contributed by atoms with Crippen LogP contribution in [0.15, 0.2) is 30.6 Å². The van der Waals surface area contributed by atoms with Crippen LogP contribution in [0.25, 0.3) is 27.5 Å². The number of nitrogens with zero attached hydrogens (tertiary/aromatic N) is 3. The zero-order valence-electron chi connectivity index (χ0n) is 15.7. The number of fused-ring (bicyclic) bond motifs is 2. The van der Waals surface area contributed by atoms with Gasteiger partial charge in [-0.1, -0.05) is 11.6 Å². The molecule has 3 aromatic heterocycles. The number of aromatic amines is 1. The predicted molar refractivity (Wildman–Crippen MR) is 108 cm³/mol. The number of H-pyrrole nitrogens is 1. The zero-order valence-corrected chi connectivity index (χ0v) is 16.5. The lowest BCUT2D eigenvalue weighted by Gasteiger charge is -2.12. The minimum atomic E-state index is -1.08. The van der Waals surface area contributed by atoms with E-state index in [1.54, 1.807) is 42.0 Å². The van der Waals surface area contributed by atoms with Gasteiger partial charge < -0.3 is 10.1 Å². The number of amides is 1. The Kier molecular flexibility index (Phi) is 4.35. The van der Waals surface area contributed by atoms with Crippen molar-refractivity contribution in [2.45, 2.75) is 19.5 Å². The van der Waals surface area contributed by atoms with Gasteiger partial charge in [-0.3, -0.25) is 9.89 Å². The van der Waals surface area contributed by atoms with Gasteiger partial charge in [0.15, 0.2) is 17.4 Å². The SMILES string of the molecule is CCOc1c(F)c(Cl)c(-c2ccn3nc(NC(=O)[C@@H]4C[C@@H]4F)cc3c2)c2cn[nH]c12. The molecular formula is C20H16ClF2N5O2. The highest BCUT2D eigenvalue weighted by atomic mass is 35.5.